The molecule has 1 aromatic rings. The standard InChI is InChI=1S/C17H26N2O3S/c1-6-13(4)23-14-7-8-15(11(2)9-14)18-17(22)19(5)10-12(3)16(20)21/h7-9,12-13H,6,10H2,1-5H3,(H,18,22)(H,20,21). The number of rotatable bonds is 7. The van der Waals surface area contributed by atoms with Crippen LogP contribution in [0.2, 0.25) is 0 Å². The first-order chi connectivity index (χ1) is 10.7. The molecule has 2 N–H and O–H groups in total. The number of carboxylic acids is 1. The van der Waals surface area contributed by atoms with E-state index < -0.39 is 11.9 Å². The predicted octanol–water partition coefficient (Wildman–Crippen LogP) is 4.07. The number of hydrogen-bond acceptors (Lipinski definition) is 3. The van der Waals surface area contributed by atoms with Crippen molar-refractivity contribution in [3.8, 4) is 0 Å². The highest BCUT2D eigenvalue weighted by Crippen LogP contribution is 2.28. The Morgan fingerprint density at radius 3 is 2.52 bits per heavy atom. The smallest absolute Gasteiger partial charge is 0.321 e. The number of thioether (sulfide) groups is 1. The van der Waals surface area contributed by atoms with Gasteiger partial charge in [0.2, 0.25) is 0 Å². The summed E-state index contributed by atoms with van der Waals surface area (Å²) in [6.45, 7) is 8.05. The number of carbonyl (C=O) groups excluding carboxylic acids is 1. The lowest BCUT2D eigenvalue weighted by molar-refractivity contribution is -0.141. The molecule has 0 fully saturated rings. The average Bonchev–Trinajstić information content (AvgIpc) is 2.49. The van der Waals surface area contributed by atoms with Crippen LogP contribution >= 0.6 is 11.8 Å². The molecule has 0 radical (unpaired) electrons. The first kappa shape index (κ1) is 19.4. The molecule has 0 saturated carbocycles. The third-order valence-corrected chi connectivity index (χ3v) is 4.93. The molecule has 6 heteroatoms. The van der Waals surface area contributed by atoms with Gasteiger partial charge in [0.15, 0.2) is 0 Å². The van der Waals surface area contributed by atoms with E-state index >= 15 is 0 Å². The molecular formula is C17H26N2O3S. The molecule has 0 spiro atoms. The summed E-state index contributed by atoms with van der Waals surface area (Å²) in [4.78, 5) is 25.6. The minimum atomic E-state index is -0.910. The van der Waals surface area contributed by atoms with Gasteiger partial charge >= 0.3 is 12.0 Å². The summed E-state index contributed by atoms with van der Waals surface area (Å²) in [7, 11) is 1.59. The van der Waals surface area contributed by atoms with E-state index in [1.807, 2.05) is 30.8 Å². The van der Waals surface area contributed by atoms with Gasteiger partial charge in [-0.05, 0) is 37.1 Å². The molecule has 1 aromatic carbocycles. The van der Waals surface area contributed by atoms with Gasteiger partial charge < -0.3 is 15.3 Å². The van der Waals surface area contributed by atoms with E-state index in [2.05, 4.69) is 25.2 Å². The van der Waals surface area contributed by atoms with Gasteiger partial charge in [-0.3, -0.25) is 4.79 Å². The SMILES string of the molecule is CCC(C)Sc1ccc(NC(=O)N(C)CC(C)C(=O)O)c(C)c1. The van der Waals surface area contributed by atoms with E-state index in [9.17, 15) is 9.59 Å². The largest absolute Gasteiger partial charge is 0.481 e. The van der Waals surface area contributed by atoms with Crippen LogP contribution in [0.25, 0.3) is 0 Å². The molecule has 0 aliphatic rings. The fraction of sp³-hybridized carbons (Fsp3) is 0.529. The Bertz CT molecular complexity index is 563. The van der Waals surface area contributed by atoms with Crippen molar-refractivity contribution >= 4 is 29.4 Å². The van der Waals surface area contributed by atoms with Crippen molar-refractivity contribution < 1.29 is 14.7 Å². The quantitative estimate of drug-likeness (QED) is 0.735. The van der Waals surface area contributed by atoms with E-state index in [-0.39, 0.29) is 12.6 Å². The molecule has 0 saturated heterocycles. The molecule has 23 heavy (non-hydrogen) atoms. The van der Waals surface area contributed by atoms with Gasteiger partial charge in [-0.15, -0.1) is 11.8 Å². The van der Waals surface area contributed by atoms with Gasteiger partial charge in [0, 0.05) is 29.4 Å². The van der Waals surface area contributed by atoms with Crippen LogP contribution in [0.15, 0.2) is 23.1 Å². The van der Waals surface area contributed by atoms with Crippen molar-refractivity contribution in [2.75, 3.05) is 18.9 Å². The molecule has 2 unspecified atom stereocenters. The van der Waals surface area contributed by atoms with Crippen LogP contribution in [0.4, 0.5) is 10.5 Å². The summed E-state index contributed by atoms with van der Waals surface area (Å²) < 4.78 is 0. The highest BCUT2D eigenvalue weighted by atomic mass is 32.2. The Hall–Kier alpha value is -1.69. The number of carbonyl (C=O) groups is 2. The number of carboxylic acid groups (broad SMARTS) is 1. The number of benzene rings is 1. The lowest BCUT2D eigenvalue weighted by Crippen LogP contribution is -2.36. The molecule has 0 bridgehead atoms. The molecule has 0 aromatic heterocycles. The lowest BCUT2D eigenvalue weighted by atomic mass is 10.2. The van der Waals surface area contributed by atoms with Crippen molar-refractivity contribution in [1.29, 1.82) is 0 Å². The summed E-state index contributed by atoms with van der Waals surface area (Å²) in [5, 5.41) is 12.3. The Morgan fingerprint density at radius 1 is 1.35 bits per heavy atom. The third-order valence-electron chi connectivity index (χ3n) is 3.67. The molecule has 0 aliphatic heterocycles. The summed E-state index contributed by atoms with van der Waals surface area (Å²) in [5.41, 5.74) is 1.74. The summed E-state index contributed by atoms with van der Waals surface area (Å²) in [6, 6.07) is 5.65. The first-order valence-electron chi connectivity index (χ1n) is 7.76. The second-order valence-electron chi connectivity index (χ2n) is 5.86. The van der Waals surface area contributed by atoms with Crippen LogP contribution in [-0.2, 0) is 4.79 Å². The number of anilines is 1. The topological polar surface area (TPSA) is 69.6 Å². The zero-order valence-corrected chi connectivity index (χ0v) is 15.2. The van der Waals surface area contributed by atoms with Gasteiger partial charge in [-0.2, -0.15) is 0 Å². The van der Waals surface area contributed by atoms with Crippen molar-refractivity contribution in [1.82, 2.24) is 4.90 Å². The van der Waals surface area contributed by atoms with Crippen LogP contribution in [0.3, 0.4) is 0 Å². The third kappa shape index (κ3) is 6.14. The minimum Gasteiger partial charge on any atom is -0.481 e. The Labute approximate surface area is 142 Å². The number of nitrogens with zero attached hydrogens (tertiary/aromatic N) is 1. The van der Waals surface area contributed by atoms with Crippen LogP contribution in [0.1, 0.15) is 32.8 Å². The number of urea groups is 1. The number of nitrogens with one attached hydrogen (secondary N) is 1. The number of aliphatic carboxylic acids is 1. The zero-order valence-electron chi connectivity index (χ0n) is 14.4. The van der Waals surface area contributed by atoms with Gasteiger partial charge in [0.1, 0.15) is 0 Å². The van der Waals surface area contributed by atoms with Crippen LogP contribution < -0.4 is 5.32 Å². The molecule has 0 aliphatic carbocycles. The van der Waals surface area contributed by atoms with Gasteiger partial charge in [0.25, 0.3) is 0 Å². The monoisotopic (exact) mass is 338 g/mol. The molecule has 2 atom stereocenters. The highest BCUT2D eigenvalue weighted by molar-refractivity contribution is 7.99. The van der Waals surface area contributed by atoms with Crippen molar-refractivity contribution in [3.05, 3.63) is 23.8 Å². The van der Waals surface area contributed by atoms with E-state index in [4.69, 9.17) is 5.11 Å². The van der Waals surface area contributed by atoms with Crippen LogP contribution in [0.5, 0.6) is 0 Å². The van der Waals surface area contributed by atoms with E-state index in [1.54, 1.807) is 14.0 Å². The van der Waals surface area contributed by atoms with Gasteiger partial charge in [-0.1, -0.05) is 20.8 Å². The first-order valence-corrected chi connectivity index (χ1v) is 8.64. The lowest BCUT2D eigenvalue weighted by Gasteiger charge is -2.21. The van der Waals surface area contributed by atoms with Crippen molar-refractivity contribution in [3.63, 3.8) is 0 Å². The fourth-order valence-corrected chi connectivity index (χ4v) is 2.97. The molecule has 2 amide bonds. The maximum Gasteiger partial charge on any atom is 0.321 e. The summed E-state index contributed by atoms with van der Waals surface area (Å²) in [6.07, 6.45) is 1.11. The average molecular weight is 338 g/mol. The Kier molecular flexibility index (Phi) is 7.42. The van der Waals surface area contributed by atoms with Crippen LogP contribution in [0, 0.1) is 12.8 Å². The fourth-order valence-electron chi connectivity index (χ4n) is 1.95. The highest BCUT2D eigenvalue weighted by Gasteiger charge is 2.17. The van der Waals surface area contributed by atoms with Crippen molar-refractivity contribution in [2.45, 2.75) is 44.3 Å². The Balaban J connectivity index is 2.69. The van der Waals surface area contributed by atoms with Gasteiger partial charge in [-0.25, -0.2) is 4.79 Å². The molecule has 1 rings (SSSR count). The van der Waals surface area contributed by atoms with Gasteiger partial charge in [0.05, 0.1) is 5.92 Å². The maximum absolute atomic E-state index is 12.1. The molecular weight excluding hydrogens is 312 g/mol. The number of amides is 2. The molecule has 0 heterocycles. The molecule has 128 valence electrons. The maximum atomic E-state index is 12.1. The second kappa shape index (κ2) is 8.82. The van der Waals surface area contributed by atoms with E-state index in [1.165, 1.54) is 9.80 Å². The Morgan fingerprint density at radius 2 is 2.00 bits per heavy atom. The van der Waals surface area contributed by atoms with Crippen LogP contribution in [-0.4, -0.2) is 40.8 Å². The predicted molar refractivity (Wildman–Crippen MR) is 95.2 cm³/mol. The minimum absolute atomic E-state index is 0.169. The normalized spacial score (nSPS) is 13.3. The van der Waals surface area contributed by atoms with E-state index in [0.717, 1.165) is 17.7 Å². The second-order valence-corrected chi connectivity index (χ2v) is 7.38. The number of hydrogen-bond donors (Lipinski definition) is 2. The van der Waals surface area contributed by atoms with Crippen molar-refractivity contribution in [2.24, 2.45) is 5.92 Å². The van der Waals surface area contributed by atoms with E-state index in [0.29, 0.717) is 5.25 Å². The number of aryl methyl sites for hydroxylation is 1. The zero-order chi connectivity index (χ0) is 17.6. The molecule has 5 nitrogen and oxygen atoms in total. The summed E-state index contributed by atoms with van der Waals surface area (Å²) >= 11 is 1.81. The summed E-state index contributed by atoms with van der Waals surface area (Å²) in [5.74, 6) is -1.51.